The van der Waals surface area contributed by atoms with E-state index in [0.717, 1.165) is 19.1 Å². The van der Waals surface area contributed by atoms with Crippen LogP contribution in [-0.4, -0.2) is 33.7 Å². The van der Waals surface area contributed by atoms with E-state index < -0.39 is 10.0 Å². The monoisotopic (exact) mass is 384 g/mol. The van der Waals surface area contributed by atoms with Gasteiger partial charge in [-0.25, -0.2) is 8.42 Å². The van der Waals surface area contributed by atoms with Crippen LogP contribution in [0.3, 0.4) is 0 Å². The average Bonchev–Trinajstić information content (AvgIpc) is 2.58. The zero-order valence-corrected chi connectivity index (χ0v) is 16.1. The summed E-state index contributed by atoms with van der Waals surface area (Å²) in [6, 6.07) is 6.64. The molecule has 1 aliphatic carbocycles. The minimum Gasteiger partial charge on any atom is -0.352 e. The lowest BCUT2D eigenvalue weighted by Crippen LogP contribution is -2.32. The molecule has 1 aromatic carbocycles. The largest absolute Gasteiger partial charge is 0.352 e. The molecule has 0 aromatic heterocycles. The molecule has 1 aromatic rings. The summed E-state index contributed by atoms with van der Waals surface area (Å²) in [6.07, 6.45) is 8.68. The number of anilines is 1. The van der Waals surface area contributed by atoms with Gasteiger partial charge in [-0.2, -0.15) is 0 Å². The number of nitrogens with one attached hydrogen (secondary N) is 1. The van der Waals surface area contributed by atoms with E-state index in [1.165, 1.54) is 22.7 Å². The van der Waals surface area contributed by atoms with Crippen molar-refractivity contribution in [2.45, 2.75) is 38.5 Å². The number of halogens is 1. The van der Waals surface area contributed by atoms with E-state index >= 15 is 0 Å². The van der Waals surface area contributed by atoms with Crippen molar-refractivity contribution in [3.05, 3.63) is 40.9 Å². The molecule has 0 aliphatic heterocycles. The molecule has 0 bridgehead atoms. The summed E-state index contributed by atoms with van der Waals surface area (Å²) in [7, 11) is -3.41. The molecule has 7 heteroatoms. The Morgan fingerprint density at radius 1 is 1.24 bits per heavy atom. The first kappa shape index (κ1) is 19.8. The first-order chi connectivity index (χ1) is 11.9. The normalized spacial score (nSPS) is 14.7. The van der Waals surface area contributed by atoms with Gasteiger partial charge in [-0.1, -0.05) is 23.3 Å². The van der Waals surface area contributed by atoms with Gasteiger partial charge in [-0.15, -0.1) is 0 Å². The van der Waals surface area contributed by atoms with Gasteiger partial charge in [0.1, 0.15) is 0 Å². The fourth-order valence-electron chi connectivity index (χ4n) is 2.84. The predicted molar refractivity (Wildman–Crippen MR) is 102 cm³/mol. The van der Waals surface area contributed by atoms with Crippen LogP contribution in [0.2, 0.25) is 5.02 Å². The Balaban J connectivity index is 1.83. The first-order valence-corrected chi connectivity index (χ1v) is 10.8. The van der Waals surface area contributed by atoms with E-state index in [9.17, 15) is 13.2 Å². The molecule has 25 heavy (non-hydrogen) atoms. The van der Waals surface area contributed by atoms with Gasteiger partial charge in [0.15, 0.2) is 0 Å². The molecular formula is C18H25ClN2O3S. The van der Waals surface area contributed by atoms with Crippen LogP contribution >= 0.6 is 11.6 Å². The highest BCUT2D eigenvalue weighted by atomic mass is 35.5. The lowest BCUT2D eigenvalue weighted by atomic mass is 10.00. The third kappa shape index (κ3) is 6.71. The number of carbonyl (C=O) groups excluding carboxylic acids is 1. The fourth-order valence-corrected chi connectivity index (χ4v) is 3.93. The summed E-state index contributed by atoms with van der Waals surface area (Å²) in [5.74, 6) is -0.0453. The quantitative estimate of drug-likeness (QED) is 0.697. The summed E-state index contributed by atoms with van der Waals surface area (Å²) < 4.78 is 25.3. The zero-order chi connectivity index (χ0) is 18.3. The zero-order valence-electron chi connectivity index (χ0n) is 14.5. The van der Waals surface area contributed by atoms with Crippen molar-refractivity contribution in [2.24, 2.45) is 0 Å². The van der Waals surface area contributed by atoms with Crippen LogP contribution in [-0.2, 0) is 14.8 Å². The van der Waals surface area contributed by atoms with Crippen molar-refractivity contribution in [3.63, 3.8) is 0 Å². The first-order valence-electron chi connectivity index (χ1n) is 8.54. The molecule has 0 radical (unpaired) electrons. The maximum Gasteiger partial charge on any atom is 0.232 e. The van der Waals surface area contributed by atoms with Crippen LogP contribution in [0.4, 0.5) is 5.69 Å². The molecule has 0 heterocycles. The average molecular weight is 385 g/mol. The minimum absolute atomic E-state index is 0.0453. The van der Waals surface area contributed by atoms with Crippen LogP contribution in [0.25, 0.3) is 0 Å². The lowest BCUT2D eigenvalue weighted by molar-refractivity contribution is -0.120. The number of hydrogen-bond donors (Lipinski definition) is 1. The number of benzene rings is 1. The van der Waals surface area contributed by atoms with E-state index in [1.807, 2.05) is 0 Å². The maximum atomic E-state index is 12.0. The lowest BCUT2D eigenvalue weighted by Gasteiger charge is -2.22. The molecule has 5 nitrogen and oxygen atoms in total. The Hall–Kier alpha value is -1.53. The highest BCUT2D eigenvalue weighted by molar-refractivity contribution is 7.92. The van der Waals surface area contributed by atoms with E-state index in [1.54, 1.807) is 24.3 Å². The number of sulfonamides is 1. The molecule has 0 atom stereocenters. The van der Waals surface area contributed by atoms with E-state index in [4.69, 9.17) is 11.6 Å². The van der Waals surface area contributed by atoms with Crippen molar-refractivity contribution in [1.82, 2.24) is 5.32 Å². The number of allylic oxidation sites excluding steroid dienone is 1. The van der Waals surface area contributed by atoms with Gasteiger partial charge in [0.2, 0.25) is 15.9 Å². The number of rotatable bonds is 8. The smallest absolute Gasteiger partial charge is 0.232 e. The van der Waals surface area contributed by atoms with Gasteiger partial charge < -0.3 is 5.32 Å². The second kappa shape index (κ2) is 9.25. The minimum atomic E-state index is -3.41. The summed E-state index contributed by atoms with van der Waals surface area (Å²) >= 11 is 5.85. The number of amides is 1. The van der Waals surface area contributed by atoms with E-state index in [-0.39, 0.29) is 12.5 Å². The van der Waals surface area contributed by atoms with Gasteiger partial charge in [0, 0.05) is 24.5 Å². The maximum absolute atomic E-state index is 12.0. The van der Waals surface area contributed by atoms with Crippen LogP contribution < -0.4 is 9.62 Å². The summed E-state index contributed by atoms with van der Waals surface area (Å²) in [5.41, 5.74) is 1.85. The van der Waals surface area contributed by atoms with E-state index in [2.05, 4.69) is 11.4 Å². The third-order valence-electron chi connectivity index (χ3n) is 4.18. The van der Waals surface area contributed by atoms with Crippen molar-refractivity contribution in [3.8, 4) is 0 Å². The molecule has 1 N–H and O–H groups in total. The number of nitrogens with zero attached hydrogens (tertiary/aromatic N) is 1. The van der Waals surface area contributed by atoms with Crippen molar-refractivity contribution in [1.29, 1.82) is 0 Å². The molecule has 0 saturated carbocycles. The Bertz CT molecular complexity index is 714. The Morgan fingerprint density at radius 3 is 2.56 bits per heavy atom. The number of hydrogen-bond acceptors (Lipinski definition) is 3. The molecule has 1 aliphatic rings. The van der Waals surface area contributed by atoms with Crippen molar-refractivity contribution >= 4 is 33.2 Å². The van der Waals surface area contributed by atoms with Gasteiger partial charge >= 0.3 is 0 Å². The fraction of sp³-hybridized carbons (Fsp3) is 0.500. The van der Waals surface area contributed by atoms with Crippen LogP contribution in [0.1, 0.15) is 38.5 Å². The van der Waals surface area contributed by atoms with E-state index in [0.29, 0.717) is 30.1 Å². The highest BCUT2D eigenvalue weighted by Gasteiger charge is 2.17. The van der Waals surface area contributed by atoms with Crippen LogP contribution in [0.15, 0.2) is 35.9 Å². The van der Waals surface area contributed by atoms with Gasteiger partial charge in [0.05, 0.1) is 11.9 Å². The molecule has 0 spiro atoms. The second-order valence-corrected chi connectivity index (χ2v) is 8.64. The second-order valence-electron chi connectivity index (χ2n) is 6.30. The summed E-state index contributed by atoms with van der Waals surface area (Å²) in [6.45, 7) is 0.863. The molecule has 2 rings (SSSR count). The molecule has 0 saturated heterocycles. The van der Waals surface area contributed by atoms with Crippen LogP contribution in [0.5, 0.6) is 0 Å². The molecule has 0 unspecified atom stereocenters. The predicted octanol–water partition coefficient (Wildman–Crippen LogP) is 3.50. The van der Waals surface area contributed by atoms with Gasteiger partial charge in [-0.3, -0.25) is 9.10 Å². The Labute approximate surface area is 155 Å². The van der Waals surface area contributed by atoms with Gasteiger partial charge in [0.25, 0.3) is 0 Å². The highest BCUT2D eigenvalue weighted by Crippen LogP contribution is 2.21. The third-order valence-corrected chi connectivity index (χ3v) is 5.62. The van der Waals surface area contributed by atoms with Gasteiger partial charge in [-0.05, 0) is 56.4 Å². The summed E-state index contributed by atoms with van der Waals surface area (Å²) in [5, 5.41) is 3.47. The summed E-state index contributed by atoms with van der Waals surface area (Å²) in [4.78, 5) is 12.0. The van der Waals surface area contributed by atoms with Crippen molar-refractivity contribution in [2.75, 3.05) is 23.7 Å². The number of carbonyl (C=O) groups is 1. The Kier molecular flexibility index (Phi) is 7.32. The molecule has 138 valence electrons. The topological polar surface area (TPSA) is 66.5 Å². The Morgan fingerprint density at radius 2 is 1.96 bits per heavy atom. The SMILES string of the molecule is CS(=O)(=O)N(CCCC(=O)NCC1=CCCCC1)c1ccc(Cl)cc1. The molecule has 0 fully saturated rings. The molecular weight excluding hydrogens is 360 g/mol. The standard InChI is InChI=1S/C18H25ClN2O3S/c1-25(23,24)21(17-11-9-16(19)10-12-17)13-5-8-18(22)20-14-15-6-3-2-4-7-15/h6,9-12H,2-5,7-8,13-14H2,1H3,(H,20,22). The van der Waals surface area contributed by atoms with Crippen molar-refractivity contribution < 1.29 is 13.2 Å². The van der Waals surface area contributed by atoms with Crippen LogP contribution in [0, 0.1) is 0 Å². The molecule has 1 amide bonds.